The minimum atomic E-state index is -0.295. The quantitative estimate of drug-likeness (QED) is 0.578. The summed E-state index contributed by atoms with van der Waals surface area (Å²) in [6.07, 6.45) is 1.53. The van der Waals surface area contributed by atoms with Gasteiger partial charge in [0.15, 0.2) is 29.7 Å². The van der Waals surface area contributed by atoms with E-state index in [1.54, 1.807) is 36.4 Å². The second-order valence-corrected chi connectivity index (χ2v) is 6.09. The molecule has 0 fully saturated rings. The van der Waals surface area contributed by atoms with Gasteiger partial charge in [-0.15, -0.1) is 0 Å². The molecule has 2 aromatic carbocycles. The fourth-order valence-electron chi connectivity index (χ4n) is 2.60. The molecule has 25 heavy (non-hydrogen) atoms. The number of methoxy groups -OCH3 is 1. The van der Waals surface area contributed by atoms with Gasteiger partial charge in [-0.1, -0.05) is 40.2 Å². The normalized spacial score (nSPS) is 12.6. The summed E-state index contributed by atoms with van der Waals surface area (Å²) in [5.74, 6) is 0.207. The molecule has 0 saturated heterocycles. The lowest BCUT2D eigenvalue weighted by Gasteiger charge is -2.11. The van der Waals surface area contributed by atoms with E-state index >= 15 is 0 Å². The smallest absolute Gasteiger partial charge is 0.197 e. The number of hydrogen-bond acceptors (Lipinski definition) is 5. The van der Waals surface area contributed by atoms with Crippen LogP contribution in [-0.4, -0.2) is 25.3 Å². The van der Waals surface area contributed by atoms with Gasteiger partial charge in [0.2, 0.25) is 0 Å². The van der Waals surface area contributed by atoms with E-state index in [4.69, 9.17) is 14.7 Å². The Kier molecular flexibility index (Phi) is 4.68. The Labute approximate surface area is 152 Å². The minimum absolute atomic E-state index is 0.106. The number of carbonyl (C=O) groups excluding carboxylic acids is 2. The molecule has 0 aromatic heterocycles. The number of fused-ring (bicyclic) bond motifs is 1. The first kappa shape index (κ1) is 16.9. The molecule has 124 valence electrons. The van der Waals surface area contributed by atoms with Gasteiger partial charge in [-0.25, -0.2) is 0 Å². The Balaban J connectivity index is 2.04. The van der Waals surface area contributed by atoms with Crippen LogP contribution in [0.3, 0.4) is 0 Å². The molecule has 0 spiro atoms. The highest BCUT2D eigenvalue weighted by atomic mass is 79.9. The van der Waals surface area contributed by atoms with Crippen molar-refractivity contribution >= 4 is 33.6 Å². The number of allylic oxidation sites excluding steroid dienone is 1. The third-order valence-electron chi connectivity index (χ3n) is 3.78. The van der Waals surface area contributed by atoms with Gasteiger partial charge in [-0.2, -0.15) is 5.26 Å². The van der Waals surface area contributed by atoms with Crippen LogP contribution in [0.15, 0.2) is 46.4 Å². The monoisotopic (exact) mass is 397 g/mol. The summed E-state index contributed by atoms with van der Waals surface area (Å²) in [5.41, 5.74) is 1.53. The predicted molar refractivity (Wildman–Crippen MR) is 94.9 cm³/mol. The highest BCUT2D eigenvalue weighted by Crippen LogP contribution is 2.36. The zero-order valence-corrected chi connectivity index (χ0v) is 14.8. The molecule has 0 amide bonds. The zero-order valence-electron chi connectivity index (χ0n) is 13.2. The van der Waals surface area contributed by atoms with Crippen molar-refractivity contribution in [2.45, 2.75) is 0 Å². The summed E-state index contributed by atoms with van der Waals surface area (Å²) in [5, 5.41) is 8.64. The summed E-state index contributed by atoms with van der Waals surface area (Å²) in [4.78, 5) is 25.0. The van der Waals surface area contributed by atoms with Crippen LogP contribution < -0.4 is 9.47 Å². The molecule has 0 N–H and O–H groups in total. The molecule has 0 atom stereocenters. The van der Waals surface area contributed by atoms with E-state index in [-0.39, 0.29) is 23.7 Å². The molecule has 5 nitrogen and oxygen atoms in total. The maximum absolute atomic E-state index is 12.5. The number of hydrogen-bond donors (Lipinski definition) is 0. The average Bonchev–Trinajstić information content (AvgIpc) is 2.87. The number of benzene rings is 2. The number of nitrogens with zero attached hydrogens (tertiary/aromatic N) is 1. The molecule has 0 heterocycles. The van der Waals surface area contributed by atoms with Crippen molar-refractivity contribution in [3.8, 4) is 17.6 Å². The van der Waals surface area contributed by atoms with Crippen LogP contribution in [0.5, 0.6) is 11.5 Å². The molecule has 3 rings (SSSR count). The molecule has 1 aliphatic carbocycles. The van der Waals surface area contributed by atoms with Gasteiger partial charge in [0, 0.05) is 15.6 Å². The largest absolute Gasteiger partial charge is 0.493 e. The SMILES string of the molecule is COc1cc(C=C2C(=O)c3ccccc3C2=O)c(Br)cc1OCC#N. The van der Waals surface area contributed by atoms with E-state index in [9.17, 15) is 9.59 Å². The lowest BCUT2D eigenvalue weighted by molar-refractivity contribution is 0.0990. The highest BCUT2D eigenvalue weighted by Gasteiger charge is 2.32. The van der Waals surface area contributed by atoms with Crippen LogP contribution in [0, 0.1) is 11.3 Å². The predicted octanol–water partition coefficient (Wildman–Crippen LogP) is 3.82. The van der Waals surface area contributed by atoms with Gasteiger partial charge in [0.1, 0.15) is 6.07 Å². The van der Waals surface area contributed by atoms with Gasteiger partial charge in [0.05, 0.1) is 12.7 Å². The molecule has 0 bridgehead atoms. The first-order valence-electron chi connectivity index (χ1n) is 7.34. The van der Waals surface area contributed by atoms with Gasteiger partial charge in [0.25, 0.3) is 0 Å². The minimum Gasteiger partial charge on any atom is -0.493 e. The van der Waals surface area contributed by atoms with Crippen LogP contribution in [0.2, 0.25) is 0 Å². The Morgan fingerprint density at radius 1 is 1.12 bits per heavy atom. The van der Waals surface area contributed by atoms with Gasteiger partial charge in [-0.3, -0.25) is 9.59 Å². The van der Waals surface area contributed by atoms with Crippen molar-refractivity contribution in [3.63, 3.8) is 0 Å². The van der Waals surface area contributed by atoms with Gasteiger partial charge >= 0.3 is 0 Å². The maximum Gasteiger partial charge on any atom is 0.197 e. The highest BCUT2D eigenvalue weighted by molar-refractivity contribution is 9.10. The van der Waals surface area contributed by atoms with Crippen LogP contribution in [0.4, 0.5) is 0 Å². The second-order valence-electron chi connectivity index (χ2n) is 5.23. The molecule has 6 heteroatoms. The first-order chi connectivity index (χ1) is 12.1. The van der Waals surface area contributed by atoms with E-state index in [0.29, 0.717) is 32.7 Å². The first-order valence-corrected chi connectivity index (χ1v) is 8.13. The Morgan fingerprint density at radius 2 is 1.76 bits per heavy atom. The number of Topliss-reactive ketones (excluding diaryl/α,β-unsaturated/α-hetero) is 2. The molecule has 0 unspecified atom stereocenters. The van der Waals surface area contributed by atoms with Crippen molar-refractivity contribution in [1.82, 2.24) is 0 Å². The van der Waals surface area contributed by atoms with Gasteiger partial charge in [-0.05, 0) is 23.8 Å². The number of nitriles is 1. The lowest BCUT2D eigenvalue weighted by Crippen LogP contribution is -2.01. The molecule has 2 aromatic rings. The maximum atomic E-state index is 12.5. The molecule has 1 aliphatic rings. The van der Waals surface area contributed by atoms with Crippen LogP contribution >= 0.6 is 15.9 Å². The fourth-order valence-corrected chi connectivity index (χ4v) is 3.04. The van der Waals surface area contributed by atoms with E-state index in [1.165, 1.54) is 13.2 Å². The Hall–Kier alpha value is -2.91. The Bertz CT molecular complexity index is 919. The fraction of sp³-hybridized carbons (Fsp3) is 0.105. The molecular formula is C19H12BrNO4. The standard InChI is InChI=1S/C19H12BrNO4/c1-24-16-9-11(15(20)10-17(16)25-7-6-21)8-14-18(22)12-4-2-3-5-13(12)19(14)23/h2-5,8-10H,7H2,1H3. The van der Waals surface area contributed by atoms with E-state index in [2.05, 4.69) is 15.9 Å². The van der Waals surface area contributed by atoms with Gasteiger partial charge < -0.3 is 9.47 Å². The summed E-state index contributed by atoms with van der Waals surface area (Å²) in [6, 6.07) is 11.9. The van der Waals surface area contributed by atoms with Crippen LogP contribution in [-0.2, 0) is 0 Å². The number of ether oxygens (including phenoxy) is 2. The number of rotatable bonds is 4. The summed E-state index contributed by atoms with van der Waals surface area (Å²) < 4.78 is 11.2. The number of ketones is 2. The molecule has 0 saturated carbocycles. The molecular weight excluding hydrogens is 386 g/mol. The van der Waals surface area contributed by atoms with Crippen LogP contribution in [0.1, 0.15) is 26.3 Å². The third-order valence-corrected chi connectivity index (χ3v) is 4.47. The van der Waals surface area contributed by atoms with E-state index < -0.39 is 0 Å². The second kappa shape index (κ2) is 6.91. The van der Waals surface area contributed by atoms with Crippen molar-refractivity contribution in [1.29, 1.82) is 5.26 Å². The molecule has 0 radical (unpaired) electrons. The summed E-state index contributed by atoms with van der Waals surface area (Å²) in [7, 11) is 1.47. The lowest BCUT2D eigenvalue weighted by atomic mass is 10.1. The van der Waals surface area contributed by atoms with Crippen molar-refractivity contribution in [2.75, 3.05) is 13.7 Å². The molecule has 0 aliphatic heterocycles. The van der Waals surface area contributed by atoms with E-state index in [0.717, 1.165) is 0 Å². The zero-order chi connectivity index (χ0) is 18.0. The van der Waals surface area contributed by atoms with Crippen LogP contribution in [0.25, 0.3) is 6.08 Å². The summed E-state index contributed by atoms with van der Waals surface area (Å²) >= 11 is 3.40. The summed E-state index contributed by atoms with van der Waals surface area (Å²) in [6.45, 7) is -0.116. The number of halogens is 1. The van der Waals surface area contributed by atoms with Crippen molar-refractivity contribution in [3.05, 3.63) is 63.1 Å². The van der Waals surface area contributed by atoms with E-state index in [1.807, 2.05) is 6.07 Å². The number of carbonyl (C=O) groups is 2. The van der Waals surface area contributed by atoms with Crippen molar-refractivity contribution < 1.29 is 19.1 Å². The van der Waals surface area contributed by atoms with Crippen molar-refractivity contribution in [2.24, 2.45) is 0 Å². The topological polar surface area (TPSA) is 76.4 Å². The average molecular weight is 398 g/mol. The Morgan fingerprint density at radius 3 is 2.32 bits per heavy atom. The third kappa shape index (κ3) is 3.06.